The highest BCUT2D eigenvalue weighted by Crippen LogP contribution is 2.48. The molecule has 3 aromatic heterocycles. The molecule has 0 aliphatic heterocycles. The number of hydrogen-bond donors (Lipinski definition) is 0. The van der Waals surface area contributed by atoms with Crippen molar-refractivity contribution in [3.05, 3.63) is 164 Å². The zero-order valence-corrected chi connectivity index (χ0v) is 27.6. The number of anilines is 3. The van der Waals surface area contributed by atoms with E-state index in [1.54, 1.807) is 0 Å². The maximum Gasteiger partial charge on any atom is 0.159 e. The van der Waals surface area contributed by atoms with Crippen LogP contribution in [0.1, 0.15) is 0 Å². The molecule has 0 unspecified atom stereocenters. The molecule has 0 atom stereocenters. The second-order valence-corrected chi connectivity index (χ2v) is 13.9. The van der Waals surface area contributed by atoms with Crippen LogP contribution < -0.4 is 4.90 Å². The van der Waals surface area contributed by atoms with E-state index >= 15 is 0 Å². The minimum Gasteiger partial charge on any atom is -0.455 e. The van der Waals surface area contributed by atoms with Crippen LogP contribution in [0.15, 0.2) is 173 Å². The van der Waals surface area contributed by atoms with Gasteiger partial charge < -0.3 is 13.7 Å². The van der Waals surface area contributed by atoms with Crippen LogP contribution in [0.3, 0.4) is 0 Å². The normalized spacial score (nSPS) is 12.0. The molecule has 0 saturated heterocycles. The lowest BCUT2D eigenvalue weighted by molar-refractivity contribution is 0.669. The standard InChI is InChI=1S/C46H27NO2S/c1-2-14-32-28(11-1)25-26-36-44-37(19-10-22-40(44)49-45(32)36)47(38-20-8-18-34-33-15-3-5-21-39(33)48-46(34)38)30-13-7-12-29(27-30)31-17-9-24-42-43(31)35-16-4-6-23-41(35)50-42/h1-27H. The number of thiophene rings is 1. The molecule has 0 aliphatic rings. The van der Waals surface area contributed by atoms with E-state index in [0.717, 1.165) is 77.3 Å². The third kappa shape index (κ3) is 3.97. The molecule has 50 heavy (non-hydrogen) atoms. The van der Waals surface area contributed by atoms with Gasteiger partial charge in [0.15, 0.2) is 5.58 Å². The van der Waals surface area contributed by atoms with E-state index < -0.39 is 0 Å². The van der Waals surface area contributed by atoms with E-state index in [-0.39, 0.29) is 0 Å². The van der Waals surface area contributed by atoms with Gasteiger partial charge in [0.25, 0.3) is 0 Å². The SMILES string of the molecule is c1cc(-c2cccc3sc4ccccc4c23)cc(N(c2cccc3c2oc2ccccc23)c2cccc3oc4c5ccccc5ccc4c23)c1. The molecule has 4 heteroatoms. The number of furan rings is 2. The molecule has 0 amide bonds. The fourth-order valence-electron chi connectivity index (χ4n) is 7.87. The summed E-state index contributed by atoms with van der Waals surface area (Å²) >= 11 is 1.85. The topological polar surface area (TPSA) is 29.5 Å². The summed E-state index contributed by atoms with van der Waals surface area (Å²) in [6.07, 6.45) is 0. The van der Waals surface area contributed by atoms with Crippen molar-refractivity contribution >= 4 is 103 Å². The first kappa shape index (κ1) is 27.6. The molecule has 3 heterocycles. The van der Waals surface area contributed by atoms with E-state index in [9.17, 15) is 0 Å². The predicted molar refractivity (Wildman–Crippen MR) is 212 cm³/mol. The van der Waals surface area contributed by atoms with Crippen molar-refractivity contribution in [2.24, 2.45) is 0 Å². The lowest BCUT2D eigenvalue weighted by Crippen LogP contribution is -2.10. The molecule has 234 valence electrons. The van der Waals surface area contributed by atoms with Crippen LogP contribution in [0, 0.1) is 0 Å². The largest absolute Gasteiger partial charge is 0.455 e. The van der Waals surface area contributed by atoms with Gasteiger partial charge in [-0.05, 0) is 71.1 Å². The van der Waals surface area contributed by atoms with Gasteiger partial charge in [-0.25, -0.2) is 0 Å². The van der Waals surface area contributed by atoms with E-state index in [1.165, 1.54) is 25.7 Å². The number of fused-ring (bicyclic) bond motifs is 11. The van der Waals surface area contributed by atoms with Crippen molar-refractivity contribution in [1.82, 2.24) is 0 Å². The molecular formula is C46H27NO2S. The molecule has 3 nitrogen and oxygen atoms in total. The Kier molecular flexibility index (Phi) is 5.83. The maximum atomic E-state index is 6.69. The molecule has 0 fully saturated rings. The first-order chi connectivity index (χ1) is 24.8. The van der Waals surface area contributed by atoms with Crippen LogP contribution in [-0.2, 0) is 0 Å². The minimum atomic E-state index is 0.847. The minimum absolute atomic E-state index is 0.847. The quantitative estimate of drug-likeness (QED) is 0.189. The summed E-state index contributed by atoms with van der Waals surface area (Å²) in [7, 11) is 0. The van der Waals surface area contributed by atoms with E-state index in [1.807, 2.05) is 23.5 Å². The van der Waals surface area contributed by atoms with Crippen molar-refractivity contribution in [2.75, 3.05) is 4.90 Å². The molecular weight excluding hydrogens is 631 g/mol. The zero-order chi connectivity index (χ0) is 32.8. The van der Waals surface area contributed by atoms with Crippen LogP contribution in [-0.4, -0.2) is 0 Å². The van der Waals surface area contributed by atoms with Crippen molar-refractivity contribution < 1.29 is 8.83 Å². The van der Waals surface area contributed by atoms with Crippen molar-refractivity contribution in [3.8, 4) is 11.1 Å². The highest BCUT2D eigenvalue weighted by Gasteiger charge is 2.24. The summed E-state index contributed by atoms with van der Waals surface area (Å²) in [6, 6.07) is 58.2. The first-order valence-corrected chi connectivity index (χ1v) is 17.7. The average Bonchev–Trinajstić information content (AvgIpc) is 3.87. The Balaban J connectivity index is 1.22. The summed E-state index contributed by atoms with van der Waals surface area (Å²) in [5.74, 6) is 0. The second kappa shape index (κ2) is 10.6. The van der Waals surface area contributed by atoms with Gasteiger partial charge in [-0.1, -0.05) is 109 Å². The molecule has 11 aromatic rings. The lowest BCUT2D eigenvalue weighted by Gasteiger charge is -2.27. The molecule has 0 aliphatic carbocycles. The van der Waals surface area contributed by atoms with Crippen molar-refractivity contribution in [2.45, 2.75) is 0 Å². The van der Waals surface area contributed by atoms with Gasteiger partial charge >= 0.3 is 0 Å². The smallest absolute Gasteiger partial charge is 0.159 e. The van der Waals surface area contributed by atoms with E-state index in [0.29, 0.717) is 0 Å². The Morgan fingerprint density at radius 2 is 1.12 bits per heavy atom. The summed E-state index contributed by atoms with van der Waals surface area (Å²) in [6.45, 7) is 0. The van der Waals surface area contributed by atoms with E-state index in [2.05, 4.69) is 157 Å². The van der Waals surface area contributed by atoms with Gasteiger partial charge in [0.1, 0.15) is 16.7 Å². The fraction of sp³-hybridized carbons (Fsp3) is 0. The summed E-state index contributed by atoms with van der Waals surface area (Å²) in [4.78, 5) is 2.35. The number of rotatable bonds is 4. The van der Waals surface area contributed by atoms with Crippen LogP contribution in [0.2, 0.25) is 0 Å². The predicted octanol–water partition coefficient (Wildman–Crippen LogP) is 14.1. The van der Waals surface area contributed by atoms with E-state index in [4.69, 9.17) is 8.83 Å². The molecule has 0 bridgehead atoms. The Labute approximate surface area is 290 Å². The zero-order valence-electron chi connectivity index (χ0n) is 26.8. The fourth-order valence-corrected chi connectivity index (χ4v) is 9.00. The summed E-state index contributed by atoms with van der Waals surface area (Å²) < 4.78 is 16.0. The maximum absolute atomic E-state index is 6.69. The highest BCUT2D eigenvalue weighted by molar-refractivity contribution is 7.25. The molecule has 0 N–H and O–H groups in total. The number of benzene rings is 8. The first-order valence-electron chi connectivity index (χ1n) is 16.8. The van der Waals surface area contributed by atoms with Crippen molar-refractivity contribution in [1.29, 1.82) is 0 Å². The Bertz CT molecular complexity index is 3130. The molecule has 0 saturated carbocycles. The van der Waals surface area contributed by atoms with Gasteiger partial charge in [-0.15, -0.1) is 11.3 Å². The summed E-state index contributed by atoms with van der Waals surface area (Å²) in [5.41, 5.74) is 8.89. The average molecular weight is 658 g/mol. The number of para-hydroxylation sites is 2. The molecule has 0 radical (unpaired) electrons. The Morgan fingerprint density at radius 3 is 2.08 bits per heavy atom. The van der Waals surface area contributed by atoms with Crippen LogP contribution in [0.5, 0.6) is 0 Å². The van der Waals surface area contributed by atoms with Gasteiger partial charge in [0, 0.05) is 47.4 Å². The van der Waals surface area contributed by atoms with Crippen LogP contribution in [0.25, 0.3) is 85.9 Å². The molecule has 8 aromatic carbocycles. The monoisotopic (exact) mass is 657 g/mol. The number of nitrogens with zero attached hydrogens (tertiary/aromatic N) is 1. The van der Waals surface area contributed by atoms with Crippen molar-refractivity contribution in [3.63, 3.8) is 0 Å². The summed E-state index contributed by atoms with van der Waals surface area (Å²) in [5, 5.41) is 9.20. The lowest BCUT2D eigenvalue weighted by atomic mass is 9.98. The van der Waals surface area contributed by atoms with Crippen LogP contribution in [0.4, 0.5) is 17.1 Å². The van der Waals surface area contributed by atoms with Gasteiger partial charge in [-0.2, -0.15) is 0 Å². The molecule has 0 spiro atoms. The Hall–Kier alpha value is -6.36. The number of hydrogen-bond acceptors (Lipinski definition) is 4. The third-order valence-corrected chi connectivity index (χ3v) is 11.2. The van der Waals surface area contributed by atoms with Gasteiger partial charge in [0.2, 0.25) is 0 Å². The Morgan fingerprint density at radius 1 is 0.420 bits per heavy atom. The van der Waals surface area contributed by atoms with Crippen LogP contribution >= 0.6 is 11.3 Å². The second-order valence-electron chi connectivity index (χ2n) is 12.8. The van der Waals surface area contributed by atoms with Gasteiger partial charge in [-0.3, -0.25) is 0 Å². The van der Waals surface area contributed by atoms with Gasteiger partial charge in [0.05, 0.1) is 16.8 Å². The highest BCUT2D eigenvalue weighted by atomic mass is 32.1. The molecule has 11 rings (SSSR count). The third-order valence-electron chi connectivity index (χ3n) is 10.0.